The van der Waals surface area contributed by atoms with Crippen LogP contribution in [-0.4, -0.2) is 7.05 Å². The standard InChI is InChI=1S/C53H39NO/c1-52(2)46-18-7-9-20-48(46)53(49-21-10-8-19-47(49)52)44-17-6-4-13-40(44)43-33-36(27-32-45(43)53)34-23-28-37(29-24-34)54(3)38-30-25-35(26-31-38)39-15-12-16-42-41-14-5-11-22-50(41)55-51(39)42/h4-33H,1-3H3. The van der Waals surface area contributed by atoms with Gasteiger partial charge >= 0.3 is 0 Å². The van der Waals surface area contributed by atoms with Gasteiger partial charge in [0, 0.05) is 40.2 Å². The van der Waals surface area contributed by atoms with Gasteiger partial charge in [-0.1, -0.05) is 159 Å². The predicted molar refractivity (Wildman–Crippen MR) is 229 cm³/mol. The Morgan fingerprint density at radius 3 is 1.60 bits per heavy atom. The van der Waals surface area contributed by atoms with E-state index in [0.717, 1.165) is 44.4 Å². The zero-order chi connectivity index (χ0) is 36.9. The summed E-state index contributed by atoms with van der Waals surface area (Å²) in [6.07, 6.45) is 0. The Morgan fingerprint density at radius 1 is 0.400 bits per heavy atom. The molecule has 0 fully saturated rings. The zero-order valence-corrected chi connectivity index (χ0v) is 31.2. The number of hydrogen-bond donors (Lipinski definition) is 0. The molecule has 55 heavy (non-hydrogen) atoms. The SMILES string of the molecule is CN(c1ccc(-c2ccc3c(c2)-c2ccccc2C32c3ccccc3C(C)(C)c3ccccc32)cc1)c1ccc(-c2cccc3c2oc2ccccc23)cc1. The molecule has 0 radical (unpaired) electrons. The summed E-state index contributed by atoms with van der Waals surface area (Å²) in [5, 5.41) is 2.30. The summed E-state index contributed by atoms with van der Waals surface area (Å²) >= 11 is 0. The van der Waals surface area contributed by atoms with Crippen LogP contribution in [0.3, 0.4) is 0 Å². The number of nitrogens with zero attached hydrogens (tertiary/aromatic N) is 1. The second-order valence-corrected chi connectivity index (χ2v) is 15.7. The van der Waals surface area contributed by atoms with E-state index >= 15 is 0 Å². The topological polar surface area (TPSA) is 16.4 Å². The lowest BCUT2D eigenvalue weighted by Crippen LogP contribution is -2.40. The Labute approximate surface area is 322 Å². The van der Waals surface area contributed by atoms with Crippen LogP contribution >= 0.6 is 0 Å². The van der Waals surface area contributed by atoms with Crippen LogP contribution in [0.15, 0.2) is 186 Å². The third kappa shape index (κ3) is 4.43. The number of rotatable bonds is 4. The lowest BCUT2D eigenvalue weighted by Gasteiger charge is -2.46. The highest BCUT2D eigenvalue weighted by atomic mass is 16.3. The average Bonchev–Trinajstić information content (AvgIpc) is 3.77. The molecule has 0 aliphatic heterocycles. The second kappa shape index (κ2) is 11.7. The normalized spacial score (nSPS) is 14.4. The number of fused-ring (bicyclic) bond motifs is 12. The van der Waals surface area contributed by atoms with Crippen LogP contribution in [0.5, 0.6) is 0 Å². The van der Waals surface area contributed by atoms with E-state index in [0.29, 0.717) is 0 Å². The van der Waals surface area contributed by atoms with Crippen LogP contribution in [0.25, 0.3) is 55.3 Å². The molecule has 0 bridgehead atoms. The van der Waals surface area contributed by atoms with Crippen molar-refractivity contribution in [2.75, 3.05) is 11.9 Å². The molecule has 2 aliphatic rings. The van der Waals surface area contributed by atoms with Gasteiger partial charge in [-0.25, -0.2) is 0 Å². The van der Waals surface area contributed by atoms with Crippen molar-refractivity contribution in [1.82, 2.24) is 0 Å². The van der Waals surface area contributed by atoms with Crippen LogP contribution in [0.2, 0.25) is 0 Å². The molecule has 0 amide bonds. The number of hydrogen-bond acceptors (Lipinski definition) is 2. The first kappa shape index (κ1) is 31.8. The minimum atomic E-state index is -0.367. The van der Waals surface area contributed by atoms with E-state index in [-0.39, 0.29) is 10.8 Å². The maximum Gasteiger partial charge on any atom is 0.143 e. The smallest absolute Gasteiger partial charge is 0.143 e. The van der Waals surface area contributed by atoms with Crippen molar-refractivity contribution in [1.29, 1.82) is 0 Å². The molecular weight excluding hydrogens is 667 g/mol. The first-order valence-corrected chi connectivity index (χ1v) is 19.2. The highest BCUT2D eigenvalue weighted by Gasteiger charge is 2.53. The van der Waals surface area contributed by atoms with E-state index in [1.54, 1.807) is 0 Å². The van der Waals surface area contributed by atoms with E-state index in [2.05, 4.69) is 196 Å². The molecule has 2 aliphatic carbocycles. The molecule has 11 rings (SSSR count). The summed E-state index contributed by atoms with van der Waals surface area (Å²) in [6.45, 7) is 4.76. The van der Waals surface area contributed by atoms with Crippen molar-refractivity contribution in [3.05, 3.63) is 215 Å². The molecular formula is C53H39NO. The Kier molecular flexibility index (Phi) is 6.76. The molecule has 262 valence electrons. The van der Waals surface area contributed by atoms with E-state index in [1.165, 1.54) is 55.6 Å². The summed E-state index contributed by atoms with van der Waals surface area (Å²) in [5.74, 6) is 0. The number of benzene rings is 8. The summed E-state index contributed by atoms with van der Waals surface area (Å²) in [6, 6.07) is 66.9. The lowest BCUT2D eigenvalue weighted by molar-refractivity contribution is 0.563. The van der Waals surface area contributed by atoms with Crippen molar-refractivity contribution < 1.29 is 4.42 Å². The van der Waals surface area contributed by atoms with Crippen LogP contribution in [0, 0.1) is 0 Å². The Morgan fingerprint density at radius 2 is 0.909 bits per heavy atom. The zero-order valence-electron chi connectivity index (χ0n) is 31.2. The number of anilines is 2. The largest absolute Gasteiger partial charge is 0.455 e. The fourth-order valence-electron chi connectivity index (χ4n) is 9.91. The molecule has 0 saturated carbocycles. The highest BCUT2D eigenvalue weighted by Crippen LogP contribution is 2.62. The minimum Gasteiger partial charge on any atom is -0.455 e. The molecule has 0 unspecified atom stereocenters. The van der Waals surface area contributed by atoms with E-state index < -0.39 is 0 Å². The van der Waals surface area contributed by atoms with Gasteiger partial charge in [-0.3, -0.25) is 0 Å². The molecule has 2 heteroatoms. The van der Waals surface area contributed by atoms with Crippen molar-refractivity contribution in [3.8, 4) is 33.4 Å². The fourth-order valence-corrected chi connectivity index (χ4v) is 9.91. The summed E-state index contributed by atoms with van der Waals surface area (Å²) in [4.78, 5) is 2.25. The Hall–Kier alpha value is -6.64. The van der Waals surface area contributed by atoms with Gasteiger partial charge in [0.15, 0.2) is 0 Å². The van der Waals surface area contributed by atoms with Crippen molar-refractivity contribution in [2.24, 2.45) is 0 Å². The van der Waals surface area contributed by atoms with E-state index in [4.69, 9.17) is 4.42 Å². The third-order valence-corrected chi connectivity index (χ3v) is 12.6. The van der Waals surface area contributed by atoms with Gasteiger partial charge < -0.3 is 9.32 Å². The fraction of sp³-hybridized carbons (Fsp3) is 0.0943. The van der Waals surface area contributed by atoms with Crippen molar-refractivity contribution in [3.63, 3.8) is 0 Å². The molecule has 9 aromatic rings. The molecule has 8 aromatic carbocycles. The number of para-hydroxylation sites is 2. The molecule has 1 heterocycles. The highest BCUT2D eigenvalue weighted by molar-refractivity contribution is 6.09. The maximum atomic E-state index is 6.33. The van der Waals surface area contributed by atoms with Crippen LogP contribution < -0.4 is 4.90 Å². The van der Waals surface area contributed by atoms with E-state index in [1.807, 2.05) is 12.1 Å². The van der Waals surface area contributed by atoms with Crippen LogP contribution in [-0.2, 0) is 10.8 Å². The molecule has 0 N–H and O–H groups in total. The van der Waals surface area contributed by atoms with Crippen LogP contribution in [0.4, 0.5) is 11.4 Å². The summed E-state index contributed by atoms with van der Waals surface area (Å²) in [7, 11) is 2.14. The van der Waals surface area contributed by atoms with E-state index in [9.17, 15) is 0 Å². The maximum absolute atomic E-state index is 6.33. The Balaban J connectivity index is 0.942. The van der Waals surface area contributed by atoms with Gasteiger partial charge in [-0.05, 0) is 97.6 Å². The lowest BCUT2D eigenvalue weighted by atomic mass is 9.55. The van der Waals surface area contributed by atoms with Crippen molar-refractivity contribution in [2.45, 2.75) is 24.7 Å². The quantitative estimate of drug-likeness (QED) is 0.181. The predicted octanol–water partition coefficient (Wildman–Crippen LogP) is 13.7. The molecule has 1 aromatic heterocycles. The first-order valence-electron chi connectivity index (χ1n) is 19.2. The van der Waals surface area contributed by atoms with Gasteiger partial charge in [0.25, 0.3) is 0 Å². The summed E-state index contributed by atoms with van der Waals surface area (Å²) in [5.41, 5.74) is 19.3. The monoisotopic (exact) mass is 705 g/mol. The summed E-state index contributed by atoms with van der Waals surface area (Å²) < 4.78 is 6.33. The van der Waals surface area contributed by atoms with Gasteiger partial charge in [0.2, 0.25) is 0 Å². The first-order chi connectivity index (χ1) is 26.9. The minimum absolute atomic E-state index is 0.100. The van der Waals surface area contributed by atoms with Crippen LogP contribution in [0.1, 0.15) is 47.2 Å². The Bertz CT molecular complexity index is 2910. The van der Waals surface area contributed by atoms with Gasteiger partial charge in [-0.15, -0.1) is 0 Å². The number of furan rings is 1. The average molecular weight is 706 g/mol. The van der Waals surface area contributed by atoms with Gasteiger partial charge in [0.1, 0.15) is 11.2 Å². The van der Waals surface area contributed by atoms with Gasteiger partial charge in [-0.2, -0.15) is 0 Å². The van der Waals surface area contributed by atoms with Gasteiger partial charge in [0.05, 0.1) is 5.41 Å². The molecule has 0 saturated heterocycles. The van der Waals surface area contributed by atoms with Crippen molar-refractivity contribution >= 4 is 33.3 Å². The second-order valence-electron chi connectivity index (χ2n) is 15.7. The third-order valence-electron chi connectivity index (χ3n) is 12.6. The molecule has 2 nitrogen and oxygen atoms in total. The molecule has 0 atom stereocenters. The molecule has 1 spiro atoms.